The summed E-state index contributed by atoms with van der Waals surface area (Å²) in [4.78, 5) is 15.8. The van der Waals surface area contributed by atoms with Crippen LogP contribution in [0, 0.1) is 5.82 Å². The Morgan fingerprint density at radius 1 is 0.917 bits per heavy atom. The fourth-order valence-electron chi connectivity index (χ4n) is 1.95. The maximum absolute atomic E-state index is 13.2. The van der Waals surface area contributed by atoms with Crippen molar-refractivity contribution in [3.8, 4) is 17.2 Å². The number of hydrogen-bond acceptors (Lipinski definition) is 4. The first-order chi connectivity index (χ1) is 11.7. The number of aromatic nitrogens is 1. The average Bonchev–Trinajstić information content (AvgIpc) is 2.56. The third-order valence-corrected chi connectivity index (χ3v) is 2.95. The SMILES string of the molecule is O=C(Nc1cncc(Oc2cccc(F)c2)c1)Oc1ccccc1. The minimum absolute atomic E-state index is 0.334. The van der Waals surface area contributed by atoms with E-state index in [4.69, 9.17) is 9.47 Å². The molecule has 6 heteroatoms. The molecule has 3 aromatic rings. The molecule has 0 unspecified atom stereocenters. The smallest absolute Gasteiger partial charge is 0.417 e. The summed E-state index contributed by atoms with van der Waals surface area (Å²) in [6.07, 6.45) is 2.26. The van der Waals surface area contributed by atoms with Gasteiger partial charge in [-0.15, -0.1) is 0 Å². The standard InChI is InChI=1S/C18H13FN2O3/c19-13-5-4-8-16(9-13)23-17-10-14(11-20-12-17)21-18(22)24-15-6-2-1-3-7-15/h1-12H,(H,21,22). The van der Waals surface area contributed by atoms with E-state index in [0.29, 0.717) is 22.9 Å². The lowest BCUT2D eigenvalue weighted by atomic mass is 10.3. The lowest BCUT2D eigenvalue weighted by Crippen LogP contribution is -2.16. The Morgan fingerprint density at radius 3 is 2.50 bits per heavy atom. The Balaban J connectivity index is 1.65. The third-order valence-electron chi connectivity index (χ3n) is 2.95. The number of amides is 1. The number of anilines is 1. The first-order valence-corrected chi connectivity index (χ1v) is 7.11. The molecule has 0 aliphatic carbocycles. The molecule has 3 rings (SSSR count). The van der Waals surface area contributed by atoms with Crippen molar-refractivity contribution in [2.24, 2.45) is 0 Å². The Morgan fingerprint density at radius 2 is 1.71 bits per heavy atom. The zero-order valence-corrected chi connectivity index (χ0v) is 12.5. The van der Waals surface area contributed by atoms with Crippen molar-refractivity contribution < 1.29 is 18.7 Å². The molecule has 0 atom stereocenters. The van der Waals surface area contributed by atoms with Crippen molar-refractivity contribution in [2.45, 2.75) is 0 Å². The van der Waals surface area contributed by atoms with Gasteiger partial charge in [0.25, 0.3) is 0 Å². The minimum Gasteiger partial charge on any atom is -0.456 e. The summed E-state index contributed by atoms with van der Waals surface area (Å²) < 4.78 is 23.8. The average molecular weight is 324 g/mol. The topological polar surface area (TPSA) is 60.5 Å². The molecule has 0 bridgehead atoms. The summed E-state index contributed by atoms with van der Waals surface area (Å²) in [6.45, 7) is 0. The molecule has 1 amide bonds. The van der Waals surface area contributed by atoms with Gasteiger partial charge in [-0.25, -0.2) is 9.18 Å². The molecular weight excluding hydrogens is 311 g/mol. The second-order valence-corrected chi connectivity index (χ2v) is 4.80. The van der Waals surface area contributed by atoms with Gasteiger partial charge in [-0.2, -0.15) is 0 Å². The van der Waals surface area contributed by atoms with Gasteiger partial charge in [0.2, 0.25) is 0 Å². The van der Waals surface area contributed by atoms with E-state index in [2.05, 4.69) is 10.3 Å². The Bertz CT molecular complexity index is 840. The van der Waals surface area contributed by atoms with Crippen molar-refractivity contribution >= 4 is 11.8 Å². The maximum Gasteiger partial charge on any atom is 0.417 e. The number of carbonyl (C=O) groups excluding carboxylic acids is 1. The summed E-state index contributed by atoms with van der Waals surface area (Å²) in [5, 5.41) is 2.55. The molecule has 1 heterocycles. The lowest BCUT2D eigenvalue weighted by Gasteiger charge is -2.09. The Labute approximate surface area is 137 Å². The van der Waals surface area contributed by atoms with Gasteiger partial charge >= 0.3 is 6.09 Å². The number of benzene rings is 2. The molecule has 0 fully saturated rings. The van der Waals surface area contributed by atoms with Gasteiger partial charge in [-0.3, -0.25) is 10.3 Å². The van der Waals surface area contributed by atoms with Gasteiger partial charge in [-0.05, 0) is 24.3 Å². The molecule has 0 radical (unpaired) electrons. The number of halogens is 1. The molecular formula is C18H13FN2O3. The number of pyridine rings is 1. The molecule has 0 aliphatic rings. The van der Waals surface area contributed by atoms with Crippen molar-refractivity contribution in [1.82, 2.24) is 4.98 Å². The molecule has 1 N–H and O–H groups in total. The molecule has 120 valence electrons. The number of nitrogens with zero attached hydrogens (tertiary/aromatic N) is 1. The van der Waals surface area contributed by atoms with E-state index in [1.807, 2.05) is 6.07 Å². The normalized spacial score (nSPS) is 10.0. The highest BCUT2D eigenvalue weighted by Gasteiger charge is 2.07. The van der Waals surface area contributed by atoms with Crippen molar-refractivity contribution in [1.29, 1.82) is 0 Å². The van der Waals surface area contributed by atoms with E-state index in [9.17, 15) is 9.18 Å². The van der Waals surface area contributed by atoms with Crippen LogP contribution in [0.5, 0.6) is 17.2 Å². The van der Waals surface area contributed by atoms with Crippen molar-refractivity contribution in [3.05, 3.63) is 78.9 Å². The van der Waals surface area contributed by atoms with Gasteiger partial charge in [0.1, 0.15) is 23.1 Å². The maximum atomic E-state index is 13.2. The number of hydrogen-bond donors (Lipinski definition) is 1. The zero-order valence-electron chi connectivity index (χ0n) is 12.5. The summed E-state index contributed by atoms with van der Waals surface area (Å²) in [6, 6.07) is 16.0. The molecule has 5 nitrogen and oxygen atoms in total. The molecule has 0 aliphatic heterocycles. The summed E-state index contributed by atoms with van der Waals surface area (Å²) in [7, 11) is 0. The van der Waals surface area contributed by atoms with Crippen LogP contribution in [0.2, 0.25) is 0 Å². The number of ether oxygens (including phenoxy) is 2. The number of nitrogens with one attached hydrogen (secondary N) is 1. The van der Waals surface area contributed by atoms with Crippen LogP contribution in [0.25, 0.3) is 0 Å². The Hall–Kier alpha value is -3.41. The largest absolute Gasteiger partial charge is 0.456 e. The Kier molecular flexibility index (Phi) is 4.67. The van der Waals surface area contributed by atoms with E-state index >= 15 is 0 Å². The van der Waals surface area contributed by atoms with E-state index in [1.165, 1.54) is 30.6 Å². The van der Waals surface area contributed by atoms with Crippen LogP contribution in [-0.4, -0.2) is 11.1 Å². The summed E-state index contributed by atoms with van der Waals surface area (Å²) >= 11 is 0. The predicted molar refractivity (Wildman–Crippen MR) is 86.8 cm³/mol. The second-order valence-electron chi connectivity index (χ2n) is 4.80. The third kappa shape index (κ3) is 4.30. The van der Waals surface area contributed by atoms with Crippen LogP contribution in [-0.2, 0) is 0 Å². The lowest BCUT2D eigenvalue weighted by molar-refractivity contribution is 0.215. The first-order valence-electron chi connectivity index (χ1n) is 7.11. The monoisotopic (exact) mass is 324 g/mol. The first kappa shape index (κ1) is 15.5. The minimum atomic E-state index is -0.647. The van der Waals surface area contributed by atoms with Crippen LogP contribution >= 0.6 is 0 Å². The van der Waals surface area contributed by atoms with Crippen molar-refractivity contribution in [3.63, 3.8) is 0 Å². The van der Waals surface area contributed by atoms with Gasteiger partial charge in [0.15, 0.2) is 0 Å². The van der Waals surface area contributed by atoms with Crippen LogP contribution < -0.4 is 14.8 Å². The molecule has 24 heavy (non-hydrogen) atoms. The zero-order chi connectivity index (χ0) is 16.8. The van der Waals surface area contributed by atoms with Gasteiger partial charge < -0.3 is 9.47 Å². The number of para-hydroxylation sites is 1. The predicted octanol–water partition coefficient (Wildman–Crippen LogP) is 4.62. The summed E-state index contributed by atoms with van der Waals surface area (Å²) in [5.74, 6) is 0.718. The molecule has 0 spiro atoms. The number of rotatable bonds is 4. The fourth-order valence-corrected chi connectivity index (χ4v) is 1.95. The van der Waals surface area contributed by atoms with Crippen LogP contribution in [0.15, 0.2) is 73.1 Å². The van der Waals surface area contributed by atoms with E-state index in [1.54, 1.807) is 36.4 Å². The van der Waals surface area contributed by atoms with E-state index in [0.717, 1.165) is 0 Å². The highest BCUT2D eigenvalue weighted by Crippen LogP contribution is 2.23. The molecule has 1 aromatic heterocycles. The molecule has 0 saturated carbocycles. The quantitative estimate of drug-likeness (QED) is 0.760. The summed E-state index contributed by atoms with van der Waals surface area (Å²) in [5.41, 5.74) is 0.393. The van der Waals surface area contributed by atoms with E-state index < -0.39 is 11.9 Å². The van der Waals surface area contributed by atoms with Crippen LogP contribution in [0.3, 0.4) is 0 Å². The van der Waals surface area contributed by atoms with Gasteiger partial charge in [0, 0.05) is 12.1 Å². The molecule has 2 aromatic carbocycles. The van der Waals surface area contributed by atoms with Crippen LogP contribution in [0.4, 0.5) is 14.9 Å². The van der Waals surface area contributed by atoms with Crippen molar-refractivity contribution in [2.75, 3.05) is 5.32 Å². The van der Waals surface area contributed by atoms with Gasteiger partial charge in [0.05, 0.1) is 18.1 Å². The van der Waals surface area contributed by atoms with Gasteiger partial charge in [-0.1, -0.05) is 24.3 Å². The van der Waals surface area contributed by atoms with Crippen LogP contribution in [0.1, 0.15) is 0 Å². The molecule has 0 saturated heterocycles. The highest BCUT2D eigenvalue weighted by molar-refractivity contribution is 5.86. The second kappa shape index (κ2) is 7.23. The fraction of sp³-hybridized carbons (Fsp3) is 0. The number of carbonyl (C=O) groups is 1. The highest BCUT2D eigenvalue weighted by atomic mass is 19.1. The van der Waals surface area contributed by atoms with E-state index in [-0.39, 0.29) is 0 Å².